The number of hydrogen-bond acceptors (Lipinski definition) is 3. The third kappa shape index (κ3) is 5.27. The van der Waals surface area contributed by atoms with E-state index in [1.54, 1.807) is 0 Å². The molecule has 0 amide bonds. The Kier molecular flexibility index (Phi) is 9.87. The molecule has 0 spiro atoms. The SMILES string of the molecule is Cl.Cl.NCC1(c2cccc(Cl)c2)CCC(NCCO)CC1. The highest BCUT2D eigenvalue weighted by Crippen LogP contribution is 2.39. The van der Waals surface area contributed by atoms with Gasteiger partial charge in [0.1, 0.15) is 0 Å². The number of nitrogens with two attached hydrogens (primary N) is 1. The Morgan fingerprint density at radius 1 is 1.29 bits per heavy atom. The Labute approximate surface area is 144 Å². The highest BCUT2D eigenvalue weighted by molar-refractivity contribution is 6.30. The zero-order valence-corrected chi connectivity index (χ0v) is 14.4. The van der Waals surface area contributed by atoms with Crippen LogP contribution < -0.4 is 11.1 Å². The summed E-state index contributed by atoms with van der Waals surface area (Å²) in [5.41, 5.74) is 7.40. The first-order valence-corrected chi connectivity index (χ1v) is 7.38. The zero-order valence-electron chi connectivity index (χ0n) is 12.1. The van der Waals surface area contributed by atoms with Crippen molar-refractivity contribution in [3.05, 3.63) is 34.9 Å². The fourth-order valence-corrected chi connectivity index (χ4v) is 3.26. The van der Waals surface area contributed by atoms with Crippen molar-refractivity contribution in [3.8, 4) is 0 Å². The molecule has 21 heavy (non-hydrogen) atoms. The molecule has 122 valence electrons. The van der Waals surface area contributed by atoms with E-state index in [-0.39, 0.29) is 36.8 Å². The Bertz CT molecular complexity index is 410. The number of benzene rings is 1. The van der Waals surface area contributed by atoms with Crippen LogP contribution >= 0.6 is 36.4 Å². The van der Waals surface area contributed by atoms with E-state index < -0.39 is 0 Å². The van der Waals surface area contributed by atoms with Crippen molar-refractivity contribution in [2.45, 2.75) is 37.1 Å². The van der Waals surface area contributed by atoms with Crippen LogP contribution in [0.4, 0.5) is 0 Å². The third-order valence-corrected chi connectivity index (χ3v) is 4.55. The van der Waals surface area contributed by atoms with E-state index in [1.807, 2.05) is 12.1 Å². The molecular weight excluding hydrogens is 331 g/mol. The number of hydrogen-bond donors (Lipinski definition) is 3. The summed E-state index contributed by atoms with van der Waals surface area (Å²) in [6, 6.07) is 8.61. The fourth-order valence-electron chi connectivity index (χ4n) is 3.07. The summed E-state index contributed by atoms with van der Waals surface area (Å²) < 4.78 is 0. The van der Waals surface area contributed by atoms with E-state index >= 15 is 0 Å². The molecule has 1 aromatic carbocycles. The van der Waals surface area contributed by atoms with Crippen LogP contribution in [-0.4, -0.2) is 30.8 Å². The van der Waals surface area contributed by atoms with Gasteiger partial charge in [-0.05, 0) is 43.4 Å². The van der Waals surface area contributed by atoms with Gasteiger partial charge in [0, 0.05) is 29.6 Å². The van der Waals surface area contributed by atoms with E-state index in [0.717, 1.165) is 30.7 Å². The lowest BCUT2D eigenvalue weighted by molar-refractivity contribution is 0.232. The first-order valence-electron chi connectivity index (χ1n) is 7.00. The summed E-state index contributed by atoms with van der Waals surface area (Å²) >= 11 is 6.10. The minimum absolute atomic E-state index is 0. The Hall–Kier alpha value is -0.0300. The Balaban J connectivity index is 0.00000200. The third-order valence-electron chi connectivity index (χ3n) is 4.32. The normalized spacial score (nSPS) is 24.8. The van der Waals surface area contributed by atoms with Crippen molar-refractivity contribution in [2.24, 2.45) is 5.73 Å². The summed E-state index contributed by atoms with van der Waals surface area (Å²) in [7, 11) is 0. The van der Waals surface area contributed by atoms with Crippen LogP contribution in [0.5, 0.6) is 0 Å². The van der Waals surface area contributed by atoms with E-state index in [4.69, 9.17) is 22.4 Å². The van der Waals surface area contributed by atoms with Crippen LogP contribution in [0.2, 0.25) is 5.02 Å². The zero-order chi connectivity index (χ0) is 13.7. The molecule has 0 unspecified atom stereocenters. The molecule has 1 fully saturated rings. The molecule has 1 aromatic rings. The molecule has 0 bridgehead atoms. The first-order chi connectivity index (χ1) is 9.20. The second-order valence-corrected chi connectivity index (χ2v) is 5.88. The molecular formula is C15H25Cl3N2O. The van der Waals surface area contributed by atoms with Crippen molar-refractivity contribution in [2.75, 3.05) is 19.7 Å². The molecule has 3 nitrogen and oxygen atoms in total. The molecule has 2 rings (SSSR count). The molecule has 6 heteroatoms. The molecule has 0 aliphatic heterocycles. The predicted octanol–water partition coefficient (Wildman–Crippen LogP) is 2.90. The molecule has 0 aromatic heterocycles. The standard InChI is InChI=1S/C15H23ClN2O.2ClH/c16-13-3-1-2-12(10-13)15(11-17)6-4-14(5-7-15)18-8-9-19;;/h1-3,10,14,18-19H,4-9,11,17H2;2*1H. The molecule has 0 saturated heterocycles. The predicted molar refractivity (Wildman–Crippen MR) is 94.0 cm³/mol. The Morgan fingerprint density at radius 2 is 1.95 bits per heavy atom. The Morgan fingerprint density at radius 3 is 2.48 bits per heavy atom. The van der Waals surface area contributed by atoms with Gasteiger partial charge in [0.15, 0.2) is 0 Å². The lowest BCUT2D eigenvalue weighted by Gasteiger charge is -2.40. The van der Waals surface area contributed by atoms with Gasteiger partial charge in [-0.3, -0.25) is 0 Å². The summed E-state index contributed by atoms with van der Waals surface area (Å²) in [5.74, 6) is 0. The molecule has 4 N–H and O–H groups in total. The summed E-state index contributed by atoms with van der Waals surface area (Å²) in [4.78, 5) is 0. The number of rotatable bonds is 5. The van der Waals surface area contributed by atoms with E-state index in [1.165, 1.54) is 5.56 Å². The van der Waals surface area contributed by atoms with Gasteiger partial charge in [0.2, 0.25) is 0 Å². The summed E-state index contributed by atoms with van der Waals surface area (Å²) in [6.45, 7) is 1.55. The van der Waals surface area contributed by atoms with Crippen LogP contribution in [0.25, 0.3) is 0 Å². The maximum absolute atomic E-state index is 8.86. The molecule has 1 saturated carbocycles. The molecule has 0 radical (unpaired) electrons. The number of nitrogens with one attached hydrogen (secondary N) is 1. The molecule has 0 atom stereocenters. The lowest BCUT2D eigenvalue weighted by atomic mass is 9.68. The molecule has 0 heterocycles. The van der Waals surface area contributed by atoms with Gasteiger partial charge < -0.3 is 16.2 Å². The molecule has 1 aliphatic rings. The van der Waals surface area contributed by atoms with Crippen LogP contribution in [-0.2, 0) is 5.41 Å². The first kappa shape index (κ1) is 21.0. The van der Waals surface area contributed by atoms with Crippen molar-refractivity contribution < 1.29 is 5.11 Å². The van der Waals surface area contributed by atoms with Gasteiger partial charge in [-0.2, -0.15) is 0 Å². The van der Waals surface area contributed by atoms with E-state index in [9.17, 15) is 0 Å². The van der Waals surface area contributed by atoms with Crippen LogP contribution in [0.1, 0.15) is 31.2 Å². The van der Waals surface area contributed by atoms with E-state index in [2.05, 4.69) is 17.4 Å². The number of halogens is 3. The fraction of sp³-hybridized carbons (Fsp3) is 0.600. The quantitative estimate of drug-likeness (QED) is 0.761. The van der Waals surface area contributed by atoms with Gasteiger partial charge in [0.25, 0.3) is 0 Å². The van der Waals surface area contributed by atoms with Crippen molar-refractivity contribution in [1.82, 2.24) is 5.32 Å². The van der Waals surface area contributed by atoms with E-state index in [0.29, 0.717) is 19.1 Å². The number of aliphatic hydroxyl groups excluding tert-OH is 1. The second kappa shape index (κ2) is 9.88. The maximum atomic E-state index is 8.86. The smallest absolute Gasteiger partial charge is 0.0556 e. The highest BCUT2D eigenvalue weighted by Gasteiger charge is 2.35. The van der Waals surface area contributed by atoms with Gasteiger partial charge in [-0.1, -0.05) is 23.7 Å². The van der Waals surface area contributed by atoms with Crippen molar-refractivity contribution >= 4 is 36.4 Å². The van der Waals surface area contributed by atoms with Gasteiger partial charge in [-0.25, -0.2) is 0 Å². The lowest BCUT2D eigenvalue weighted by Crippen LogP contribution is -2.44. The van der Waals surface area contributed by atoms with Crippen LogP contribution in [0.15, 0.2) is 24.3 Å². The monoisotopic (exact) mass is 354 g/mol. The largest absolute Gasteiger partial charge is 0.395 e. The highest BCUT2D eigenvalue weighted by atomic mass is 35.5. The minimum atomic E-state index is 0. The second-order valence-electron chi connectivity index (χ2n) is 5.45. The average molecular weight is 356 g/mol. The summed E-state index contributed by atoms with van der Waals surface area (Å²) in [6.07, 6.45) is 4.35. The van der Waals surface area contributed by atoms with Crippen molar-refractivity contribution in [1.29, 1.82) is 0 Å². The van der Waals surface area contributed by atoms with Crippen molar-refractivity contribution in [3.63, 3.8) is 0 Å². The van der Waals surface area contributed by atoms with Gasteiger partial charge in [-0.15, -0.1) is 24.8 Å². The molecule has 1 aliphatic carbocycles. The van der Waals surface area contributed by atoms with Crippen LogP contribution in [0, 0.1) is 0 Å². The van der Waals surface area contributed by atoms with Gasteiger partial charge >= 0.3 is 0 Å². The van der Waals surface area contributed by atoms with Crippen LogP contribution in [0.3, 0.4) is 0 Å². The summed E-state index contributed by atoms with van der Waals surface area (Å²) in [5, 5.41) is 13.0. The number of aliphatic hydroxyl groups is 1. The average Bonchev–Trinajstić information content (AvgIpc) is 2.46. The maximum Gasteiger partial charge on any atom is 0.0556 e. The minimum Gasteiger partial charge on any atom is -0.395 e. The topological polar surface area (TPSA) is 58.3 Å². The van der Waals surface area contributed by atoms with Gasteiger partial charge in [0.05, 0.1) is 6.61 Å².